The Labute approximate surface area is 102 Å². The number of benzene rings is 1. The summed E-state index contributed by atoms with van der Waals surface area (Å²) in [4.78, 5) is 5.71. The first-order valence-electron chi connectivity index (χ1n) is 6.26. The molecule has 2 atom stereocenters. The lowest BCUT2D eigenvalue weighted by molar-refractivity contribution is 0.315. The Balaban J connectivity index is 2.01. The van der Waals surface area contributed by atoms with E-state index in [0.29, 0.717) is 12.0 Å². The average Bonchev–Trinajstić information content (AvgIpc) is 2.94. The topological polar surface area (TPSA) is 45.0 Å². The number of hydrogen-bond donors (Lipinski definition) is 2. The number of nitrogens with two attached hydrogens (primary N) is 1. The van der Waals surface area contributed by atoms with Crippen LogP contribution in [-0.2, 0) is 0 Å². The Morgan fingerprint density at radius 1 is 1.41 bits per heavy atom. The normalized spacial score (nSPS) is 25.8. The van der Waals surface area contributed by atoms with Crippen molar-refractivity contribution in [1.29, 1.82) is 0 Å². The van der Waals surface area contributed by atoms with Gasteiger partial charge in [-0.3, -0.25) is 4.90 Å². The standard InChI is InChI=1S/C14H19N3/c1-17-9-10(8-15)7-14(17)12-3-2-4-13-11(12)5-6-16-13/h2-6,10,14,16H,7-9,15H2,1H3. The molecular weight excluding hydrogens is 210 g/mol. The predicted molar refractivity (Wildman–Crippen MR) is 70.8 cm³/mol. The van der Waals surface area contributed by atoms with Gasteiger partial charge >= 0.3 is 0 Å². The van der Waals surface area contributed by atoms with Crippen molar-refractivity contribution in [3.63, 3.8) is 0 Å². The molecule has 3 rings (SSSR count). The number of aromatic nitrogens is 1. The van der Waals surface area contributed by atoms with Crippen LogP contribution in [0.25, 0.3) is 10.9 Å². The second-order valence-corrected chi connectivity index (χ2v) is 5.08. The van der Waals surface area contributed by atoms with Crippen molar-refractivity contribution in [2.24, 2.45) is 11.7 Å². The van der Waals surface area contributed by atoms with Crippen LogP contribution in [0.5, 0.6) is 0 Å². The summed E-state index contributed by atoms with van der Waals surface area (Å²) in [5, 5.41) is 1.35. The van der Waals surface area contributed by atoms with E-state index >= 15 is 0 Å². The molecule has 1 saturated heterocycles. The molecule has 0 spiro atoms. The molecule has 1 aliphatic rings. The first kappa shape index (κ1) is 10.8. The van der Waals surface area contributed by atoms with E-state index in [-0.39, 0.29) is 0 Å². The van der Waals surface area contributed by atoms with Gasteiger partial charge in [0.1, 0.15) is 0 Å². The third-order valence-corrected chi connectivity index (χ3v) is 3.96. The van der Waals surface area contributed by atoms with E-state index < -0.39 is 0 Å². The quantitative estimate of drug-likeness (QED) is 0.828. The molecule has 3 heteroatoms. The zero-order valence-electron chi connectivity index (χ0n) is 10.2. The van der Waals surface area contributed by atoms with E-state index in [9.17, 15) is 0 Å². The Hall–Kier alpha value is -1.32. The summed E-state index contributed by atoms with van der Waals surface area (Å²) in [6, 6.07) is 9.21. The second kappa shape index (κ2) is 4.17. The van der Waals surface area contributed by atoms with Crippen molar-refractivity contribution in [2.45, 2.75) is 12.5 Å². The third-order valence-electron chi connectivity index (χ3n) is 3.96. The van der Waals surface area contributed by atoms with Crippen LogP contribution in [-0.4, -0.2) is 30.0 Å². The maximum atomic E-state index is 5.80. The van der Waals surface area contributed by atoms with Crippen LogP contribution >= 0.6 is 0 Å². The minimum atomic E-state index is 0.517. The van der Waals surface area contributed by atoms with Gasteiger partial charge in [0.2, 0.25) is 0 Å². The number of fused-ring (bicyclic) bond motifs is 1. The van der Waals surface area contributed by atoms with Gasteiger partial charge in [0.15, 0.2) is 0 Å². The highest BCUT2D eigenvalue weighted by atomic mass is 15.2. The van der Waals surface area contributed by atoms with Crippen molar-refractivity contribution in [2.75, 3.05) is 20.1 Å². The molecule has 3 nitrogen and oxygen atoms in total. The van der Waals surface area contributed by atoms with Crippen LogP contribution in [0.1, 0.15) is 18.0 Å². The van der Waals surface area contributed by atoms with Gasteiger partial charge in [-0.05, 0) is 43.6 Å². The van der Waals surface area contributed by atoms with Gasteiger partial charge in [-0.15, -0.1) is 0 Å². The number of nitrogens with zero attached hydrogens (tertiary/aromatic N) is 1. The highest BCUT2D eigenvalue weighted by molar-refractivity contribution is 5.83. The van der Waals surface area contributed by atoms with E-state index in [1.165, 1.54) is 22.9 Å². The minimum Gasteiger partial charge on any atom is -0.361 e. The Morgan fingerprint density at radius 3 is 3.06 bits per heavy atom. The van der Waals surface area contributed by atoms with Crippen molar-refractivity contribution in [3.8, 4) is 0 Å². The molecule has 2 aromatic rings. The molecule has 0 radical (unpaired) electrons. The lowest BCUT2D eigenvalue weighted by atomic mass is 9.97. The number of H-pyrrole nitrogens is 1. The molecular formula is C14H19N3. The van der Waals surface area contributed by atoms with Crippen LogP contribution in [0, 0.1) is 5.92 Å². The SMILES string of the molecule is CN1CC(CN)CC1c1cccc2[nH]ccc12. The molecule has 2 heterocycles. The molecule has 1 aromatic heterocycles. The molecule has 0 bridgehead atoms. The summed E-state index contributed by atoms with van der Waals surface area (Å²) < 4.78 is 0. The van der Waals surface area contributed by atoms with Gasteiger partial charge in [0.05, 0.1) is 0 Å². The molecule has 0 aliphatic carbocycles. The maximum absolute atomic E-state index is 5.80. The molecule has 0 amide bonds. The van der Waals surface area contributed by atoms with Crippen molar-refractivity contribution in [1.82, 2.24) is 9.88 Å². The number of rotatable bonds is 2. The smallest absolute Gasteiger partial charge is 0.0457 e. The van der Waals surface area contributed by atoms with Gasteiger partial charge < -0.3 is 10.7 Å². The predicted octanol–water partition coefficient (Wildman–Crippen LogP) is 2.12. The summed E-state index contributed by atoms with van der Waals surface area (Å²) in [5.41, 5.74) is 8.46. The van der Waals surface area contributed by atoms with Gasteiger partial charge in [-0.1, -0.05) is 12.1 Å². The molecule has 1 aromatic carbocycles. The summed E-state index contributed by atoms with van der Waals surface area (Å²) in [5.74, 6) is 0.638. The fourth-order valence-electron chi connectivity index (χ4n) is 3.04. The number of hydrogen-bond acceptors (Lipinski definition) is 2. The van der Waals surface area contributed by atoms with E-state index in [2.05, 4.69) is 41.2 Å². The number of aromatic amines is 1. The fraction of sp³-hybridized carbons (Fsp3) is 0.429. The van der Waals surface area contributed by atoms with E-state index in [4.69, 9.17) is 5.73 Å². The molecule has 1 fully saturated rings. The lowest BCUT2D eigenvalue weighted by Crippen LogP contribution is -2.20. The highest BCUT2D eigenvalue weighted by Crippen LogP contribution is 2.36. The first-order valence-corrected chi connectivity index (χ1v) is 6.26. The van der Waals surface area contributed by atoms with Crippen molar-refractivity contribution in [3.05, 3.63) is 36.0 Å². The van der Waals surface area contributed by atoms with Crippen molar-refractivity contribution < 1.29 is 0 Å². The van der Waals surface area contributed by atoms with E-state index in [1.807, 2.05) is 6.20 Å². The van der Waals surface area contributed by atoms with Crippen LogP contribution in [0.2, 0.25) is 0 Å². The highest BCUT2D eigenvalue weighted by Gasteiger charge is 2.30. The minimum absolute atomic E-state index is 0.517. The van der Waals surface area contributed by atoms with Gasteiger partial charge in [-0.25, -0.2) is 0 Å². The van der Waals surface area contributed by atoms with Crippen LogP contribution in [0.15, 0.2) is 30.5 Å². The molecule has 2 unspecified atom stereocenters. The van der Waals surface area contributed by atoms with Crippen LogP contribution in [0.4, 0.5) is 0 Å². The molecule has 3 N–H and O–H groups in total. The number of likely N-dealkylation sites (tertiary alicyclic amines) is 1. The van der Waals surface area contributed by atoms with Gasteiger partial charge in [-0.2, -0.15) is 0 Å². The van der Waals surface area contributed by atoms with Crippen molar-refractivity contribution >= 4 is 10.9 Å². The Morgan fingerprint density at radius 2 is 2.29 bits per heavy atom. The maximum Gasteiger partial charge on any atom is 0.0457 e. The second-order valence-electron chi connectivity index (χ2n) is 5.08. The number of nitrogens with one attached hydrogen (secondary N) is 1. The lowest BCUT2D eigenvalue weighted by Gasteiger charge is -2.20. The largest absolute Gasteiger partial charge is 0.361 e. The molecule has 90 valence electrons. The van der Waals surface area contributed by atoms with Gasteiger partial charge in [0, 0.05) is 29.7 Å². The Kier molecular flexibility index (Phi) is 2.65. The molecule has 17 heavy (non-hydrogen) atoms. The summed E-state index contributed by atoms with van der Waals surface area (Å²) >= 11 is 0. The molecule has 0 saturated carbocycles. The van der Waals surface area contributed by atoms with Gasteiger partial charge in [0.25, 0.3) is 0 Å². The van der Waals surface area contributed by atoms with E-state index in [1.54, 1.807) is 0 Å². The zero-order valence-corrected chi connectivity index (χ0v) is 10.2. The fourth-order valence-corrected chi connectivity index (χ4v) is 3.04. The third kappa shape index (κ3) is 1.75. The Bertz CT molecular complexity index is 517. The first-order chi connectivity index (χ1) is 8.29. The average molecular weight is 229 g/mol. The van der Waals surface area contributed by atoms with Crippen LogP contribution < -0.4 is 5.73 Å². The monoisotopic (exact) mass is 229 g/mol. The summed E-state index contributed by atoms with van der Waals surface area (Å²) in [6.45, 7) is 1.91. The summed E-state index contributed by atoms with van der Waals surface area (Å²) in [6.07, 6.45) is 3.20. The zero-order chi connectivity index (χ0) is 11.8. The van der Waals surface area contributed by atoms with Crippen LogP contribution in [0.3, 0.4) is 0 Å². The van der Waals surface area contributed by atoms with E-state index in [0.717, 1.165) is 13.1 Å². The molecule has 1 aliphatic heterocycles. The summed E-state index contributed by atoms with van der Waals surface area (Å²) in [7, 11) is 2.20.